The molecule has 0 saturated carbocycles. The number of benzene rings is 1. The molecule has 1 aromatic carbocycles. The first-order valence-electron chi connectivity index (χ1n) is 10.4. The molecule has 0 bridgehead atoms. The average molecular weight is 399 g/mol. The van der Waals surface area contributed by atoms with E-state index in [0.717, 1.165) is 63.4 Å². The van der Waals surface area contributed by atoms with Gasteiger partial charge in [0.25, 0.3) is 0 Å². The molecule has 3 heterocycles. The lowest BCUT2D eigenvalue weighted by atomic mass is 10.1. The number of nitrogens with zero attached hydrogens (tertiary/aromatic N) is 5. The van der Waals surface area contributed by atoms with Crippen LogP contribution >= 0.6 is 0 Å². The maximum Gasteiger partial charge on any atom is 0.247 e. The van der Waals surface area contributed by atoms with Gasteiger partial charge in [0.2, 0.25) is 17.7 Å². The summed E-state index contributed by atoms with van der Waals surface area (Å²) in [6, 6.07) is 7.58. The lowest BCUT2D eigenvalue weighted by molar-refractivity contribution is -0.133. The number of amides is 1. The van der Waals surface area contributed by atoms with Crippen LogP contribution in [0.25, 0.3) is 11.5 Å². The lowest BCUT2D eigenvalue weighted by Gasteiger charge is -2.35. The standard InChI is InChI=1S/C21H29N5O3/c1-28-18-7-5-17(6-8-18)21-23-22-19(29-21)15-24-11-13-25(14-12-24)16-20(27)26-9-3-2-4-10-26/h5-8H,2-4,9-16H2,1H3. The van der Waals surface area contributed by atoms with Crippen molar-refractivity contribution in [2.75, 3.05) is 52.9 Å². The predicted molar refractivity (Wildman–Crippen MR) is 108 cm³/mol. The third-order valence-corrected chi connectivity index (χ3v) is 5.70. The van der Waals surface area contributed by atoms with Crippen LogP contribution in [0.4, 0.5) is 0 Å². The summed E-state index contributed by atoms with van der Waals surface area (Å²) in [5.74, 6) is 2.21. The Balaban J connectivity index is 1.24. The fraction of sp³-hybridized carbons (Fsp3) is 0.571. The highest BCUT2D eigenvalue weighted by atomic mass is 16.5. The fourth-order valence-electron chi connectivity index (χ4n) is 3.90. The van der Waals surface area contributed by atoms with Crippen molar-refractivity contribution in [3.63, 3.8) is 0 Å². The van der Waals surface area contributed by atoms with E-state index in [4.69, 9.17) is 9.15 Å². The summed E-state index contributed by atoms with van der Waals surface area (Å²) in [5, 5.41) is 8.36. The Labute approximate surface area is 171 Å². The molecule has 4 rings (SSSR count). The molecule has 0 atom stereocenters. The van der Waals surface area contributed by atoms with Crippen molar-refractivity contribution < 1.29 is 13.9 Å². The number of carbonyl (C=O) groups excluding carboxylic acids is 1. The van der Waals surface area contributed by atoms with Gasteiger partial charge in [0.1, 0.15) is 5.75 Å². The first-order chi connectivity index (χ1) is 14.2. The lowest BCUT2D eigenvalue weighted by Crippen LogP contribution is -2.50. The van der Waals surface area contributed by atoms with Crippen LogP contribution < -0.4 is 4.74 Å². The van der Waals surface area contributed by atoms with E-state index in [0.29, 0.717) is 24.9 Å². The Morgan fingerprint density at radius 2 is 1.66 bits per heavy atom. The summed E-state index contributed by atoms with van der Waals surface area (Å²) in [4.78, 5) is 19.0. The molecular weight excluding hydrogens is 370 g/mol. The molecule has 0 spiro atoms. The number of likely N-dealkylation sites (tertiary alicyclic amines) is 1. The normalized spacial score (nSPS) is 18.7. The van der Waals surface area contributed by atoms with Gasteiger partial charge in [0.15, 0.2) is 0 Å². The van der Waals surface area contributed by atoms with E-state index in [9.17, 15) is 4.79 Å². The molecule has 29 heavy (non-hydrogen) atoms. The molecule has 2 aromatic rings. The van der Waals surface area contributed by atoms with Gasteiger partial charge in [0, 0.05) is 44.8 Å². The minimum atomic E-state index is 0.277. The van der Waals surface area contributed by atoms with Gasteiger partial charge in [-0.2, -0.15) is 0 Å². The minimum Gasteiger partial charge on any atom is -0.497 e. The third kappa shape index (κ3) is 5.13. The summed E-state index contributed by atoms with van der Waals surface area (Å²) in [6.07, 6.45) is 3.53. The van der Waals surface area contributed by atoms with Crippen molar-refractivity contribution in [3.05, 3.63) is 30.2 Å². The number of hydrogen-bond donors (Lipinski definition) is 0. The first-order valence-corrected chi connectivity index (χ1v) is 10.4. The van der Waals surface area contributed by atoms with Crippen molar-refractivity contribution in [2.24, 2.45) is 0 Å². The summed E-state index contributed by atoms with van der Waals surface area (Å²) in [7, 11) is 1.64. The zero-order valence-electron chi connectivity index (χ0n) is 17.0. The topological polar surface area (TPSA) is 74.9 Å². The quantitative estimate of drug-likeness (QED) is 0.734. The molecule has 0 aliphatic carbocycles. The highest BCUT2D eigenvalue weighted by Crippen LogP contribution is 2.21. The van der Waals surface area contributed by atoms with E-state index in [-0.39, 0.29) is 5.91 Å². The number of ether oxygens (including phenoxy) is 1. The highest BCUT2D eigenvalue weighted by Gasteiger charge is 2.23. The zero-order valence-corrected chi connectivity index (χ0v) is 17.0. The predicted octanol–water partition coefficient (Wildman–Crippen LogP) is 1.88. The van der Waals surface area contributed by atoms with Crippen LogP contribution in [0.3, 0.4) is 0 Å². The zero-order chi connectivity index (χ0) is 20.1. The molecule has 2 aliphatic heterocycles. The van der Waals surface area contributed by atoms with Gasteiger partial charge in [-0.25, -0.2) is 0 Å². The van der Waals surface area contributed by atoms with Crippen LogP contribution in [-0.4, -0.2) is 83.7 Å². The summed E-state index contributed by atoms with van der Waals surface area (Å²) >= 11 is 0. The number of aromatic nitrogens is 2. The Hall–Kier alpha value is -2.45. The largest absolute Gasteiger partial charge is 0.497 e. The van der Waals surface area contributed by atoms with Gasteiger partial charge in [-0.05, 0) is 43.5 Å². The van der Waals surface area contributed by atoms with Crippen LogP contribution in [-0.2, 0) is 11.3 Å². The molecule has 2 aliphatic rings. The SMILES string of the molecule is COc1ccc(-c2nnc(CN3CCN(CC(=O)N4CCCCC4)CC3)o2)cc1. The molecule has 0 radical (unpaired) electrons. The van der Waals surface area contributed by atoms with E-state index >= 15 is 0 Å². The van der Waals surface area contributed by atoms with Crippen molar-refractivity contribution in [1.29, 1.82) is 0 Å². The number of carbonyl (C=O) groups is 1. The van der Waals surface area contributed by atoms with Crippen LogP contribution in [0.2, 0.25) is 0 Å². The maximum absolute atomic E-state index is 12.4. The molecule has 8 heteroatoms. The number of methoxy groups -OCH3 is 1. The van der Waals surface area contributed by atoms with E-state index in [1.54, 1.807) is 7.11 Å². The van der Waals surface area contributed by atoms with Crippen molar-refractivity contribution in [1.82, 2.24) is 24.9 Å². The Kier molecular flexibility index (Phi) is 6.41. The molecule has 0 unspecified atom stereocenters. The Morgan fingerprint density at radius 3 is 2.34 bits per heavy atom. The molecule has 1 amide bonds. The Bertz CT molecular complexity index is 793. The third-order valence-electron chi connectivity index (χ3n) is 5.70. The van der Waals surface area contributed by atoms with Gasteiger partial charge in [-0.3, -0.25) is 14.6 Å². The summed E-state index contributed by atoms with van der Waals surface area (Å²) in [6.45, 7) is 6.59. The number of piperidine rings is 1. The van der Waals surface area contributed by atoms with Gasteiger partial charge in [-0.15, -0.1) is 10.2 Å². The second kappa shape index (κ2) is 9.37. The van der Waals surface area contributed by atoms with E-state index in [1.165, 1.54) is 6.42 Å². The molecule has 2 fully saturated rings. The van der Waals surface area contributed by atoms with E-state index < -0.39 is 0 Å². The van der Waals surface area contributed by atoms with Gasteiger partial charge < -0.3 is 14.1 Å². The van der Waals surface area contributed by atoms with E-state index in [2.05, 4.69) is 20.0 Å². The first kappa shape index (κ1) is 19.8. The summed E-state index contributed by atoms with van der Waals surface area (Å²) in [5.41, 5.74) is 0.880. The van der Waals surface area contributed by atoms with Crippen LogP contribution in [0.5, 0.6) is 5.75 Å². The number of rotatable bonds is 6. The fourth-order valence-corrected chi connectivity index (χ4v) is 3.90. The molecule has 8 nitrogen and oxygen atoms in total. The van der Waals surface area contributed by atoms with Crippen LogP contribution in [0.15, 0.2) is 28.7 Å². The molecule has 1 aromatic heterocycles. The smallest absolute Gasteiger partial charge is 0.247 e. The second-order valence-corrected chi connectivity index (χ2v) is 7.72. The molecule has 0 N–H and O–H groups in total. The Morgan fingerprint density at radius 1 is 0.966 bits per heavy atom. The maximum atomic E-state index is 12.4. The van der Waals surface area contributed by atoms with Gasteiger partial charge in [-0.1, -0.05) is 0 Å². The average Bonchev–Trinajstić information content (AvgIpc) is 3.24. The van der Waals surface area contributed by atoms with E-state index in [1.807, 2.05) is 29.2 Å². The number of hydrogen-bond acceptors (Lipinski definition) is 7. The second-order valence-electron chi connectivity index (χ2n) is 7.72. The van der Waals surface area contributed by atoms with Crippen molar-refractivity contribution >= 4 is 5.91 Å². The summed E-state index contributed by atoms with van der Waals surface area (Å²) < 4.78 is 11.0. The van der Waals surface area contributed by atoms with Crippen LogP contribution in [0.1, 0.15) is 25.2 Å². The van der Waals surface area contributed by atoms with Crippen molar-refractivity contribution in [3.8, 4) is 17.2 Å². The highest BCUT2D eigenvalue weighted by molar-refractivity contribution is 5.78. The molecule has 2 saturated heterocycles. The minimum absolute atomic E-state index is 0.277. The molecule has 156 valence electrons. The van der Waals surface area contributed by atoms with Crippen molar-refractivity contribution in [2.45, 2.75) is 25.8 Å². The molecular formula is C21H29N5O3. The number of piperazine rings is 1. The van der Waals surface area contributed by atoms with Gasteiger partial charge in [0.05, 0.1) is 20.2 Å². The van der Waals surface area contributed by atoms with Crippen LogP contribution in [0, 0.1) is 0 Å². The van der Waals surface area contributed by atoms with Gasteiger partial charge >= 0.3 is 0 Å². The monoisotopic (exact) mass is 399 g/mol.